The molecule has 0 radical (unpaired) electrons. The first-order chi connectivity index (χ1) is 8.68. The van der Waals surface area contributed by atoms with Gasteiger partial charge in [0.2, 0.25) is 5.89 Å². The molecule has 1 aromatic rings. The zero-order chi connectivity index (χ0) is 12.6. The predicted molar refractivity (Wildman–Crippen MR) is 69.2 cm³/mol. The quantitative estimate of drug-likeness (QED) is 0.889. The van der Waals surface area contributed by atoms with Gasteiger partial charge in [-0.25, -0.2) is 0 Å². The van der Waals surface area contributed by atoms with Crippen LogP contribution in [-0.4, -0.2) is 23.2 Å². The summed E-state index contributed by atoms with van der Waals surface area (Å²) in [6.45, 7) is 4.07. The third kappa shape index (κ3) is 2.23. The molecule has 1 saturated carbocycles. The average molecular weight is 250 g/mol. The highest BCUT2D eigenvalue weighted by atomic mass is 16.5. The Morgan fingerprint density at radius 2 is 1.89 bits per heavy atom. The van der Waals surface area contributed by atoms with Gasteiger partial charge in [-0.15, -0.1) is 0 Å². The Labute approximate surface area is 108 Å². The molecule has 5 heteroatoms. The lowest BCUT2D eigenvalue weighted by Crippen LogP contribution is -2.36. The molecule has 5 nitrogen and oxygen atoms in total. The fourth-order valence-corrected chi connectivity index (χ4v) is 2.69. The summed E-state index contributed by atoms with van der Waals surface area (Å²) in [4.78, 5) is 6.76. The minimum absolute atomic E-state index is 0.447. The number of nitrogens with two attached hydrogens (primary N) is 1. The number of aromatic nitrogens is 2. The van der Waals surface area contributed by atoms with Crippen molar-refractivity contribution in [3.63, 3.8) is 0 Å². The number of nitrogens with zero attached hydrogens (tertiary/aromatic N) is 3. The molecule has 1 unspecified atom stereocenters. The van der Waals surface area contributed by atoms with Crippen LogP contribution in [0.4, 0.5) is 5.95 Å². The van der Waals surface area contributed by atoms with Gasteiger partial charge in [0.05, 0.1) is 5.54 Å². The van der Waals surface area contributed by atoms with Gasteiger partial charge in [-0.3, -0.25) is 0 Å². The molecular formula is C13H22N4O. The van der Waals surface area contributed by atoms with E-state index in [2.05, 4.69) is 15.0 Å². The Kier molecular flexibility index (Phi) is 3.01. The molecule has 1 atom stereocenters. The number of rotatable bonds is 3. The van der Waals surface area contributed by atoms with Crippen LogP contribution in [0.15, 0.2) is 4.52 Å². The van der Waals surface area contributed by atoms with Crippen LogP contribution in [0.25, 0.3) is 0 Å². The van der Waals surface area contributed by atoms with E-state index in [1.807, 2.05) is 6.92 Å². The van der Waals surface area contributed by atoms with Gasteiger partial charge >= 0.3 is 0 Å². The van der Waals surface area contributed by atoms with Crippen molar-refractivity contribution in [2.24, 2.45) is 11.7 Å². The Morgan fingerprint density at radius 1 is 1.22 bits per heavy atom. The minimum Gasteiger partial charge on any atom is -0.338 e. The molecule has 2 N–H and O–H groups in total. The molecule has 3 rings (SSSR count). The van der Waals surface area contributed by atoms with E-state index in [1.54, 1.807) is 0 Å². The van der Waals surface area contributed by atoms with E-state index in [9.17, 15) is 0 Å². The van der Waals surface area contributed by atoms with Crippen LogP contribution in [-0.2, 0) is 5.54 Å². The van der Waals surface area contributed by atoms with E-state index in [4.69, 9.17) is 10.3 Å². The zero-order valence-electron chi connectivity index (χ0n) is 11.1. The van der Waals surface area contributed by atoms with Gasteiger partial charge in [-0.2, -0.15) is 4.98 Å². The van der Waals surface area contributed by atoms with E-state index in [0.29, 0.717) is 11.8 Å². The molecule has 0 amide bonds. The molecule has 1 aromatic heterocycles. The largest absolute Gasteiger partial charge is 0.338 e. The van der Waals surface area contributed by atoms with Crippen LogP contribution in [0.3, 0.4) is 0 Å². The molecule has 0 aromatic carbocycles. The summed E-state index contributed by atoms with van der Waals surface area (Å²) in [6.07, 6.45) is 7.39. The van der Waals surface area contributed by atoms with Gasteiger partial charge < -0.3 is 15.2 Å². The maximum Gasteiger partial charge on any atom is 0.266 e. The van der Waals surface area contributed by atoms with Gasteiger partial charge in [0.1, 0.15) is 0 Å². The van der Waals surface area contributed by atoms with Gasteiger partial charge in [-0.05, 0) is 43.7 Å². The van der Waals surface area contributed by atoms with Crippen LogP contribution >= 0.6 is 0 Å². The Hall–Kier alpha value is -1.10. The van der Waals surface area contributed by atoms with Crippen molar-refractivity contribution >= 4 is 5.95 Å². The van der Waals surface area contributed by atoms with Gasteiger partial charge in [0.25, 0.3) is 5.95 Å². The molecule has 0 spiro atoms. The standard InChI is InChI=1S/C13H22N4O/c1-13(14,10-6-7-10)11-15-12(16-18-11)17-8-4-2-3-5-9-17/h10H,2-9,14H2,1H3. The molecule has 2 aliphatic rings. The first-order valence-corrected chi connectivity index (χ1v) is 7.06. The predicted octanol–water partition coefficient (Wildman–Crippen LogP) is 2.03. The fraction of sp³-hybridized carbons (Fsp3) is 0.846. The second-order valence-electron chi connectivity index (χ2n) is 5.86. The topological polar surface area (TPSA) is 68.2 Å². The lowest BCUT2D eigenvalue weighted by molar-refractivity contribution is 0.273. The van der Waals surface area contributed by atoms with Gasteiger partial charge in [0, 0.05) is 13.1 Å². The highest BCUT2D eigenvalue weighted by Gasteiger charge is 2.44. The molecular weight excluding hydrogens is 228 g/mol. The molecule has 1 saturated heterocycles. The van der Waals surface area contributed by atoms with Crippen LogP contribution in [0.1, 0.15) is 51.3 Å². The van der Waals surface area contributed by atoms with Crippen molar-refractivity contribution in [1.29, 1.82) is 0 Å². The smallest absolute Gasteiger partial charge is 0.266 e. The monoisotopic (exact) mass is 250 g/mol. The Morgan fingerprint density at radius 3 is 2.50 bits per heavy atom. The Bertz CT molecular complexity index is 403. The zero-order valence-corrected chi connectivity index (χ0v) is 11.1. The minimum atomic E-state index is -0.447. The second kappa shape index (κ2) is 4.53. The molecule has 0 bridgehead atoms. The lowest BCUT2D eigenvalue weighted by Gasteiger charge is -2.19. The highest BCUT2D eigenvalue weighted by Crippen LogP contribution is 2.43. The van der Waals surface area contributed by atoms with Crippen molar-refractivity contribution in [2.45, 2.75) is 51.0 Å². The van der Waals surface area contributed by atoms with Crippen LogP contribution in [0, 0.1) is 5.92 Å². The molecule has 1 aliphatic heterocycles. The summed E-state index contributed by atoms with van der Waals surface area (Å²) >= 11 is 0. The first kappa shape index (κ1) is 12.0. The van der Waals surface area contributed by atoms with E-state index < -0.39 is 5.54 Å². The highest BCUT2D eigenvalue weighted by molar-refractivity contribution is 5.29. The van der Waals surface area contributed by atoms with E-state index >= 15 is 0 Å². The average Bonchev–Trinajstić information content (AvgIpc) is 3.14. The molecule has 1 aliphatic carbocycles. The van der Waals surface area contributed by atoms with Crippen molar-refractivity contribution in [2.75, 3.05) is 18.0 Å². The summed E-state index contributed by atoms with van der Waals surface area (Å²) in [5.41, 5.74) is 5.85. The van der Waals surface area contributed by atoms with Crippen molar-refractivity contribution in [3.8, 4) is 0 Å². The van der Waals surface area contributed by atoms with Crippen molar-refractivity contribution < 1.29 is 4.52 Å². The second-order valence-corrected chi connectivity index (χ2v) is 5.86. The van der Waals surface area contributed by atoms with Gasteiger partial charge in [-0.1, -0.05) is 12.8 Å². The molecule has 100 valence electrons. The summed E-state index contributed by atoms with van der Waals surface area (Å²) in [5, 5.41) is 4.12. The normalized spacial score (nSPS) is 24.7. The fourth-order valence-electron chi connectivity index (χ4n) is 2.69. The number of anilines is 1. The van der Waals surface area contributed by atoms with E-state index in [1.165, 1.54) is 38.5 Å². The van der Waals surface area contributed by atoms with E-state index in [0.717, 1.165) is 19.0 Å². The third-order valence-electron chi connectivity index (χ3n) is 4.19. The molecule has 2 heterocycles. The van der Waals surface area contributed by atoms with E-state index in [-0.39, 0.29) is 0 Å². The summed E-state index contributed by atoms with van der Waals surface area (Å²) in [7, 11) is 0. The maximum absolute atomic E-state index is 6.30. The number of hydrogen-bond donors (Lipinski definition) is 1. The van der Waals surface area contributed by atoms with Crippen molar-refractivity contribution in [1.82, 2.24) is 10.1 Å². The summed E-state index contributed by atoms with van der Waals surface area (Å²) in [6, 6.07) is 0. The first-order valence-electron chi connectivity index (χ1n) is 7.06. The summed E-state index contributed by atoms with van der Waals surface area (Å²) < 4.78 is 5.40. The molecule has 2 fully saturated rings. The summed E-state index contributed by atoms with van der Waals surface area (Å²) in [5.74, 6) is 1.84. The third-order valence-corrected chi connectivity index (χ3v) is 4.19. The SMILES string of the molecule is CC(N)(c1nc(N2CCCCCC2)no1)C1CC1. The van der Waals surface area contributed by atoms with Crippen LogP contribution < -0.4 is 10.6 Å². The molecule has 18 heavy (non-hydrogen) atoms. The maximum atomic E-state index is 6.30. The Balaban J connectivity index is 1.75. The van der Waals surface area contributed by atoms with Crippen LogP contribution in [0.2, 0.25) is 0 Å². The number of hydrogen-bond acceptors (Lipinski definition) is 5. The van der Waals surface area contributed by atoms with Crippen LogP contribution in [0.5, 0.6) is 0 Å². The van der Waals surface area contributed by atoms with Crippen molar-refractivity contribution in [3.05, 3.63) is 5.89 Å². The lowest BCUT2D eigenvalue weighted by atomic mass is 9.97. The van der Waals surface area contributed by atoms with Gasteiger partial charge in [0.15, 0.2) is 0 Å².